The molecule has 0 unspecified atom stereocenters. The zero-order valence-corrected chi connectivity index (χ0v) is 17.7. The van der Waals surface area contributed by atoms with Gasteiger partial charge < -0.3 is 9.84 Å². The standard InChI is InChI=1S/C18H22N4O3S2/c1-8(2)22-17(24)14-10(4)11(5)26-16(14)20-18(22)27-12(6)15(23)19-13-7-9(3)25-21-13/h7-8,12H,1-6H3,(H,19,21,23)/t12-/m0/s1. The maximum Gasteiger partial charge on any atom is 0.263 e. The van der Waals surface area contributed by atoms with Crippen LogP contribution in [0.2, 0.25) is 0 Å². The topological polar surface area (TPSA) is 90.0 Å². The van der Waals surface area contributed by atoms with E-state index >= 15 is 0 Å². The van der Waals surface area contributed by atoms with Crippen LogP contribution in [0.5, 0.6) is 0 Å². The summed E-state index contributed by atoms with van der Waals surface area (Å²) in [6, 6.07) is 1.59. The van der Waals surface area contributed by atoms with Crippen molar-refractivity contribution in [3.8, 4) is 0 Å². The molecule has 0 aliphatic carbocycles. The maximum atomic E-state index is 13.1. The van der Waals surface area contributed by atoms with Crippen molar-refractivity contribution in [1.82, 2.24) is 14.7 Å². The fourth-order valence-corrected chi connectivity index (χ4v) is 4.80. The number of nitrogens with one attached hydrogen (secondary N) is 1. The molecule has 0 aromatic carbocycles. The molecule has 0 radical (unpaired) electrons. The Hall–Kier alpha value is -2.13. The summed E-state index contributed by atoms with van der Waals surface area (Å²) in [6.07, 6.45) is 0. The molecule has 7 nitrogen and oxygen atoms in total. The second-order valence-electron chi connectivity index (χ2n) is 6.70. The molecule has 0 bridgehead atoms. The number of hydrogen-bond acceptors (Lipinski definition) is 7. The molecule has 0 spiro atoms. The molecule has 3 aromatic heterocycles. The predicted molar refractivity (Wildman–Crippen MR) is 109 cm³/mol. The number of nitrogens with zero attached hydrogens (tertiary/aromatic N) is 3. The molecule has 3 rings (SSSR count). The molecule has 27 heavy (non-hydrogen) atoms. The summed E-state index contributed by atoms with van der Waals surface area (Å²) in [4.78, 5) is 32.1. The Morgan fingerprint density at radius 2 is 2.00 bits per heavy atom. The van der Waals surface area contributed by atoms with Gasteiger partial charge >= 0.3 is 0 Å². The average Bonchev–Trinajstić information content (AvgIpc) is 3.10. The Balaban J connectivity index is 1.94. The van der Waals surface area contributed by atoms with Crippen LogP contribution in [0.15, 0.2) is 20.5 Å². The maximum absolute atomic E-state index is 13.1. The average molecular weight is 407 g/mol. The van der Waals surface area contributed by atoms with Crippen LogP contribution >= 0.6 is 23.1 Å². The van der Waals surface area contributed by atoms with Crippen LogP contribution in [-0.4, -0.2) is 25.9 Å². The fourth-order valence-electron chi connectivity index (χ4n) is 2.69. The number of rotatable bonds is 5. The summed E-state index contributed by atoms with van der Waals surface area (Å²) in [5, 5.41) is 7.25. The minimum absolute atomic E-state index is 0.0564. The lowest BCUT2D eigenvalue weighted by molar-refractivity contribution is -0.115. The van der Waals surface area contributed by atoms with Gasteiger partial charge in [0.25, 0.3) is 5.56 Å². The van der Waals surface area contributed by atoms with E-state index in [4.69, 9.17) is 9.51 Å². The van der Waals surface area contributed by atoms with Gasteiger partial charge in [-0.15, -0.1) is 11.3 Å². The molecule has 0 saturated heterocycles. The third-order valence-corrected chi connectivity index (χ3v) is 6.42. The summed E-state index contributed by atoms with van der Waals surface area (Å²) in [5.41, 5.74) is 0.921. The molecule has 0 aliphatic rings. The van der Waals surface area contributed by atoms with Gasteiger partial charge in [0.1, 0.15) is 10.6 Å². The van der Waals surface area contributed by atoms with E-state index in [1.165, 1.54) is 23.1 Å². The Morgan fingerprint density at radius 3 is 2.59 bits per heavy atom. The van der Waals surface area contributed by atoms with E-state index in [1.54, 1.807) is 24.5 Å². The molecule has 1 N–H and O–H groups in total. The van der Waals surface area contributed by atoms with Crippen LogP contribution in [0.25, 0.3) is 10.2 Å². The van der Waals surface area contributed by atoms with E-state index in [0.717, 1.165) is 10.4 Å². The molecule has 1 atom stereocenters. The number of hydrogen-bond donors (Lipinski definition) is 1. The smallest absolute Gasteiger partial charge is 0.263 e. The molecule has 9 heteroatoms. The van der Waals surface area contributed by atoms with Crippen LogP contribution in [-0.2, 0) is 4.79 Å². The lowest BCUT2D eigenvalue weighted by atomic mass is 10.2. The fraction of sp³-hybridized carbons (Fsp3) is 0.444. The second kappa shape index (κ2) is 7.47. The molecular formula is C18H22N4O3S2. The first-order valence-electron chi connectivity index (χ1n) is 8.62. The zero-order valence-electron chi connectivity index (χ0n) is 16.1. The minimum atomic E-state index is -0.460. The normalized spacial score (nSPS) is 12.7. The number of fused-ring (bicyclic) bond motifs is 1. The van der Waals surface area contributed by atoms with Crippen molar-refractivity contribution in [1.29, 1.82) is 0 Å². The second-order valence-corrected chi connectivity index (χ2v) is 9.21. The van der Waals surface area contributed by atoms with E-state index in [2.05, 4.69) is 10.5 Å². The predicted octanol–water partition coefficient (Wildman–Crippen LogP) is 4.07. The monoisotopic (exact) mass is 406 g/mol. The van der Waals surface area contributed by atoms with Gasteiger partial charge in [-0.2, -0.15) is 0 Å². The highest BCUT2D eigenvalue weighted by atomic mass is 32.2. The van der Waals surface area contributed by atoms with Gasteiger partial charge in [-0.05, 0) is 47.1 Å². The first kappa shape index (κ1) is 19.6. The third kappa shape index (κ3) is 3.79. The number of carbonyl (C=O) groups is 1. The number of anilines is 1. The highest BCUT2D eigenvalue weighted by Crippen LogP contribution is 2.31. The van der Waals surface area contributed by atoms with Crippen LogP contribution in [0.1, 0.15) is 43.0 Å². The first-order valence-corrected chi connectivity index (χ1v) is 10.3. The van der Waals surface area contributed by atoms with Crippen molar-refractivity contribution in [3.05, 3.63) is 32.6 Å². The van der Waals surface area contributed by atoms with E-state index in [9.17, 15) is 9.59 Å². The lowest BCUT2D eigenvalue weighted by Crippen LogP contribution is -2.28. The van der Waals surface area contributed by atoms with Crippen molar-refractivity contribution < 1.29 is 9.32 Å². The Bertz CT molecular complexity index is 1060. The number of amides is 1. The lowest BCUT2D eigenvalue weighted by Gasteiger charge is -2.17. The van der Waals surface area contributed by atoms with Gasteiger partial charge in [0, 0.05) is 17.0 Å². The van der Waals surface area contributed by atoms with Crippen molar-refractivity contribution >= 4 is 45.0 Å². The summed E-state index contributed by atoms with van der Waals surface area (Å²) in [7, 11) is 0. The van der Waals surface area contributed by atoms with Gasteiger partial charge in [0.05, 0.1) is 10.6 Å². The van der Waals surface area contributed by atoms with Crippen LogP contribution < -0.4 is 10.9 Å². The summed E-state index contributed by atoms with van der Waals surface area (Å²) >= 11 is 2.77. The highest BCUT2D eigenvalue weighted by Gasteiger charge is 2.23. The molecular weight excluding hydrogens is 384 g/mol. The molecule has 0 fully saturated rings. The SMILES string of the molecule is Cc1cc(NC(=O)[C@H](C)Sc2nc3sc(C)c(C)c3c(=O)n2C(C)C)no1. The summed E-state index contributed by atoms with van der Waals surface area (Å²) in [6.45, 7) is 11.4. The number of aromatic nitrogens is 3. The third-order valence-electron chi connectivity index (χ3n) is 4.25. The molecule has 1 amide bonds. The largest absolute Gasteiger partial charge is 0.360 e. The number of carbonyl (C=O) groups excluding carboxylic acids is 1. The Morgan fingerprint density at radius 1 is 1.30 bits per heavy atom. The van der Waals surface area contributed by atoms with Crippen molar-refractivity contribution in [2.75, 3.05) is 5.32 Å². The van der Waals surface area contributed by atoms with E-state index in [0.29, 0.717) is 27.0 Å². The van der Waals surface area contributed by atoms with Gasteiger partial charge in [-0.25, -0.2) is 4.98 Å². The zero-order chi connectivity index (χ0) is 19.9. The molecule has 3 heterocycles. The van der Waals surface area contributed by atoms with E-state index < -0.39 is 5.25 Å². The van der Waals surface area contributed by atoms with Gasteiger partial charge in [-0.1, -0.05) is 16.9 Å². The summed E-state index contributed by atoms with van der Waals surface area (Å²) in [5.74, 6) is 0.769. The van der Waals surface area contributed by atoms with E-state index in [-0.39, 0.29) is 17.5 Å². The van der Waals surface area contributed by atoms with Crippen LogP contribution in [0.3, 0.4) is 0 Å². The number of thioether (sulfide) groups is 1. The molecule has 144 valence electrons. The quantitative estimate of drug-likeness (QED) is 0.507. The van der Waals surface area contributed by atoms with Gasteiger partial charge in [0.15, 0.2) is 11.0 Å². The van der Waals surface area contributed by atoms with Gasteiger partial charge in [0.2, 0.25) is 5.91 Å². The highest BCUT2D eigenvalue weighted by molar-refractivity contribution is 8.00. The Kier molecular flexibility index (Phi) is 5.43. The van der Waals surface area contributed by atoms with Crippen molar-refractivity contribution in [2.45, 2.75) is 58.0 Å². The summed E-state index contributed by atoms with van der Waals surface area (Å²) < 4.78 is 6.63. The number of aryl methyl sites for hydroxylation is 3. The number of thiophene rings is 1. The van der Waals surface area contributed by atoms with E-state index in [1.807, 2.05) is 27.7 Å². The molecule has 0 aliphatic heterocycles. The van der Waals surface area contributed by atoms with Crippen molar-refractivity contribution in [2.24, 2.45) is 0 Å². The Labute approximate surface area is 165 Å². The van der Waals surface area contributed by atoms with Crippen LogP contribution in [0, 0.1) is 20.8 Å². The van der Waals surface area contributed by atoms with Crippen molar-refractivity contribution in [3.63, 3.8) is 0 Å². The molecule has 0 saturated carbocycles. The molecule has 3 aromatic rings. The van der Waals surface area contributed by atoms with Gasteiger partial charge in [-0.3, -0.25) is 14.2 Å². The minimum Gasteiger partial charge on any atom is -0.360 e. The van der Waals surface area contributed by atoms with Crippen LogP contribution in [0.4, 0.5) is 5.82 Å². The first-order chi connectivity index (χ1) is 12.7.